The molecule has 5 aromatic rings. The first-order chi connectivity index (χ1) is 24.6. The minimum Gasteiger partial charge on any atom is -0.394 e. The van der Waals surface area contributed by atoms with Crippen molar-refractivity contribution in [3.8, 4) is 5.69 Å². The summed E-state index contributed by atoms with van der Waals surface area (Å²) in [4.78, 5) is 55.0. The Morgan fingerprint density at radius 3 is 2.59 bits per heavy atom. The number of aliphatic hydroxyl groups is 2. The van der Waals surface area contributed by atoms with Crippen LogP contribution in [0.2, 0.25) is 0 Å². The molecule has 12 heteroatoms. The fraction of sp³-hybridized carbons (Fsp3) is 0.231. The van der Waals surface area contributed by atoms with Gasteiger partial charge in [-0.3, -0.25) is 24.5 Å². The fourth-order valence-corrected chi connectivity index (χ4v) is 7.12. The SMILES string of the molecule is C[C@@H](/C=C/CC(=O)N1Cc2ccccc2C[C@H]1CO)[C@]1(O)C(=O)N(Cc2cccc(-n3ncc4ccccc4c3=O)c2)c2ccc([N+](=O)[O-])cc21. The van der Waals surface area contributed by atoms with Gasteiger partial charge in [-0.25, -0.2) is 0 Å². The van der Waals surface area contributed by atoms with Crippen LogP contribution in [0.1, 0.15) is 35.6 Å². The number of benzene rings is 4. The number of aromatic nitrogens is 2. The molecule has 0 radical (unpaired) electrons. The monoisotopic (exact) mass is 685 g/mol. The highest BCUT2D eigenvalue weighted by Gasteiger charge is 2.53. The summed E-state index contributed by atoms with van der Waals surface area (Å²) < 4.78 is 1.28. The molecule has 0 saturated heterocycles. The zero-order valence-electron chi connectivity index (χ0n) is 27.8. The van der Waals surface area contributed by atoms with Crippen molar-refractivity contribution in [1.29, 1.82) is 0 Å². The highest BCUT2D eigenvalue weighted by atomic mass is 16.6. The van der Waals surface area contributed by atoms with E-state index in [0.717, 1.165) is 11.1 Å². The summed E-state index contributed by atoms with van der Waals surface area (Å²) >= 11 is 0. The van der Waals surface area contributed by atoms with Crippen LogP contribution in [0.25, 0.3) is 16.5 Å². The molecular weight excluding hydrogens is 650 g/mol. The Morgan fingerprint density at radius 1 is 1.04 bits per heavy atom. The molecule has 2 amide bonds. The lowest BCUT2D eigenvalue weighted by atomic mass is 9.82. The largest absolute Gasteiger partial charge is 0.394 e. The van der Waals surface area contributed by atoms with Gasteiger partial charge in [-0.15, -0.1) is 0 Å². The number of hydrogen-bond acceptors (Lipinski definition) is 8. The van der Waals surface area contributed by atoms with E-state index in [1.165, 1.54) is 27.8 Å². The minimum absolute atomic E-state index is 0.00394. The minimum atomic E-state index is -2.17. The average Bonchev–Trinajstić information content (AvgIpc) is 3.36. The van der Waals surface area contributed by atoms with E-state index in [0.29, 0.717) is 40.7 Å². The molecule has 7 rings (SSSR count). The highest BCUT2D eigenvalue weighted by Crippen LogP contribution is 2.47. The van der Waals surface area contributed by atoms with E-state index in [1.807, 2.05) is 30.3 Å². The first kappa shape index (κ1) is 33.5. The molecule has 12 nitrogen and oxygen atoms in total. The second-order valence-electron chi connectivity index (χ2n) is 13.0. The quantitative estimate of drug-likeness (QED) is 0.130. The average molecular weight is 686 g/mol. The van der Waals surface area contributed by atoms with Crippen molar-refractivity contribution in [3.63, 3.8) is 0 Å². The van der Waals surface area contributed by atoms with Crippen molar-refractivity contribution in [2.75, 3.05) is 11.5 Å². The van der Waals surface area contributed by atoms with Gasteiger partial charge in [-0.1, -0.05) is 73.7 Å². The Hall–Kier alpha value is -5.98. The third kappa shape index (κ3) is 5.98. The fourth-order valence-electron chi connectivity index (χ4n) is 7.12. The van der Waals surface area contributed by atoms with Gasteiger partial charge in [-0.2, -0.15) is 9.78 Å². The van der Waals surface area contributed by atoms with Gasteiger partial charge in [-0.05, 0) is 47.4 Å². The third-order valence-corrected chi connectivity index (χ3v) is 9.92. The zero-order chi connectivity index (χ0) is 35.9. The van der Waals surface area contributed by atoms with E-state index in [-0.39, 0.29) is 48.3 Å². The molecule has 0 aliphatic carbocycles. The molecule has 2 aliphatic heterocycles. The molecule has 1 aromatic heterocycles. The number of carbonyl (C=O) groups excluding carboxylic acids is 2. The second kappa shape index (κ2) is 13.4. The molecule has 2 N–H and O–H groups in total. The zero-order valence-corrected chi connectivity index (χ0v) is 27.8. The molecule has 0 saturated carbocycles. The van der Waals surface area contributed by atoms with Crippen molar-refractivity contribution in [2.45, 2.75) is 44.5 Å². The number of carbonyl (C=O) groups is 2. The number of nitrogens with zero attached hydrogens (tertiary/aromatic N) is 5. The maximum absolute atomic E-state index is 14.2. The van der Waals surface area contributed by atoms with Crippen LogP contribution in [0.5, 0.6) is 0 Å². The van der Waals surface area contributed by atoms with Crippen molar-refractivity contribution in [2.24, 2.45) is 5.92 Å². The van der Waals surface area contributed by atoms with Gasteiger partial charge in [0.15, 0.2) is 5.60 Å². The van der Waals surface area contributed by atoms with E-state index < -0.39 is 22.3 Å². The van der Waals surface area contributed by atoms with E-state index in [4.69, 9.17) is 0 Å². The molecule has 3 atom stereocenters. The smallest absolute Gasteiger partial charge is 0.279 e. The molecule has 0 spiro atoms. The first-order valence-corrected chi connectivity index (χ1v) is 16.6. The Bertz CT molecular complexity index is 2280. The van der Waals surface area contributed by atoms with Crippen molar-refractivity contribution >= 4 is 34.0 Å². The van der Waals surface area contributed by atoms with Gasteiger partial charge < -0.3 is 20.0 Å². The number of rotatable bonds is 9. The van der Waals surface area contributed by atoms with E-state index in [2.05, 4.69) is 5.10 Å². The molecule has 2 aliphatic rings. The van der Waals surface area contributed by atoms with Crippen molar-refractivity contribution in [1.82, 2.24) is 14.7 Å². The van der Waals surface area contributed by atoms with E-state index in [1.54, 1.807) is 72.6 Å². The first-order valence-electron chi connectivity index (χ1n) is 16.6. The molecular formula is C39H35N5O7. The lowest BCUT2D eigenvalue weighted by Crippen LogP contribution is -2.46. The Morgan fingerprint density at radius 2 is 1.80 bits per heavy atom. The summed E-state index contributed by atoms with van der Waals surface area (Å²) in [5.41, 5.74) is 0.867. The van der Waals surface area contributed by atoms with Gasteiger partial charge in [0.2, 0.25) is 5.91 Å². The number of aliphatic hydroxyl groups excluding tert-OH is 1. The second-order valence-corrected chi connectivity index (χ2v) is 13.0. The van der Waals surface area contributed by atoms with Crippen molar-refractivity contribution < 1.29 is 24.7 Å². The van der Waals surface area contributed by atoms with Gasteiger partial charge >= 0.3 is 0 Å². The summed E-state index contributed by atoms with van der Waals surface area (Å²) in [6.45, 7) is 1.80. The number of nitro benzene ring substituents is 1. The molecule has 0 bridgehead atoms. The molecule has 3 heterocycles. The van der Waals surface area contributed by atoms with Crippen LogP contribution in [-0.2, 0) is 34.7 Å². The summed E-state index contributed by atoms with van der Waals surface area (Å²) in [6, 6.07) is 25.5. The predicted octanol–water partition coefficient (Wildman–Crippen LogP) is 4.56. The summed E-state index contributed by atoms with van der Waals surface area (Å²) in [7, 11) is 0. The lowest BCUT2D eigenvalue weighted by molar-refractivity contribution is -0.385. The number of nitro groups is 1. The predicted molar refractivity (Wildman–Crippen MR) is 190 cm³/mol. The number of anilines is 1. The van der Waals surface area contributed by atoms with Crippen LogP contribution >= 0.6 is 0 Å². The lowest BCUT2D eigenvalue weighted by Gasteiger charge is -2.36. The standard InChI is InChI=1S/C39H35N5O7/c1-25(8-6-15-36(46)41-23-29-12-3-2-10-27(29)19-32(41)24-45)39(49)34-20-31(44(50)51)16-17-35(34)42(38(39)48)22-26-9-7-13-30(18-26)43-37(47)33-14-5-4-11-28(33)21-40-43/h2-14,16-18,20-21,25,32,45,49H,15,19,22-24H2,1H3/b8-6+/t25-,32-,39+/m0/s1. The highest BCUT2D eigenvalue weighted by molar-refractivity contribution is 6.07. The Kier molecular flexibility index (Phi) is 8.79. The number of non-ortho nitro benzene ring substituents is 1. The van der Waals surface area contributed by atoms with Crippen LogP contribution in [0.15, 0.2) is 114 Å². The maximum Gasteiger partial charge on any atom is 0.279 e. The van der Waals surface area contributed by atoms with Crippen LogP contribution in [-0.4, -0.2) is 54.3 Å². The molecule has 0 unspecified atom stereocenters. The molecule has 4 aromatic carbocycles. The molecule has 0 fully saturated rings. The Balaban J connectivity index is 1.15. The summed E-state index contributed by atoms with van der Waals surface area (Å²) in [5, 5.41) is 39.5. The van der Waals surface area contributed by atoms with Gasteiger partial charge in [0, 0.05) is 42.0 Å². The van der Waals surface area contributed by atoms with Gasteiger partial charge in [0.25, 0.3) is 17.2 Å². The maximum atomic E-state index is 14.2. The summed E-state index contributed by atoms with van der Waals surface area (Å²) in [5.74, 6) is -1.78. The van der Waals surface area contributed by atoms with E-state index >= 15 is 0 Å². The Labute approximate surface area is 292 Å². The number of amides is 2. The topological polar surface area (TPSA) is 159 Å². The molecule has 258 valence electrons. The molecule has 51 heavy (non-hydrogen) atoms. The number of fused-ring (bicyclic) bond motifs is 3. The third-order valence-electron chi connectivity index (χ3n) is 9.92. The normalized spacial score (nSPS) is 19.0. The number of hydrogen-bond donors (Lipinski definition) is 2. The van der Waals surface area contributed by atoms with Gasteiger partial charge in [0.05, 0.1) is 47.1 Å². The van der Waals surface area contributed by atoms with Crippen LogP contribution in [0, 0.1) is 16.0 Å². The van der Waals surface area contributed by atoms with E-state index in [9.17, 15) is 34.7 Å². The van der Waals surface area contributed by atoms with Gasteiger partial charge in [0.1, 0.15) is 0 Å². The van der Waals surface area contributed by atoms with Crippen LogP contribution < -0.4 is 10.5 Å². The van der Waals surface area contributed by atoms with Crippen molar-refractivity contribution in [3.05, 3.63) is 152 Å². The summed E-state index contributed by atoms with van der Waals surface area (Å²) in [6.07, 6.45) is 5.27. The van der Waals surface area contributed by atoms with Crippen LogP contribution in [0.4, 0.5) is 11.4 Å². The van der Waals surface area contributed by atoms with Crippen LogP contribution in [0.3, 0.4) is 0 Å².